The normalized spacial score (nSPS) is 20.1. The lowest BCUT2D eigenvalue weighted by molar-refractivity contribution is 0.246. The van der Waals surface area contributed by atoms with Crippen molar-refractivity contribution in [1.29, 1.82) is 0 Å². The van der Waals surface area contributed by atoms with Gasteiger partial charge in [0.05, 0.1) is 5.52 Å². The van der Waals surface area contributed by atoms with E-state index in [0.717, 1.165) is 32.0 Å². The van der Waals surface area contributed by atoms with Gasteiger partial charge in [-0.25, -0.2) is 13.8 Å². The van der Waals surface area contributed by atoms with Crippen molar-refractivity contribution >= 4 is 17.0 Å². The number of nitrogens with two attached hydrogens (primary N) is 1. The van der Waals surface area contributed by atoms with E-state index < -0.39 is 11.6 Å². The third-order valence-electron chi connectivity index (χ3n) is 4.13. The summed E-state index contributed by atoms with van der Waals surface area (Å²) in [7, 11) is 0. The Morgan fingerprint density at radius 2 is 2.20 bits per heavy atom. The number of fused-ring (bicyclic) bond motifs is 1. The van der Waals surface area contributed by atoms with Crippen LogP contribution in [0.4, 0.5) is 14.7 Å². The Morgan fingerprint density at radius 1 is 1.40 bits per heavy atom. The second-order valence-corrected chi connectivity index (χ2v) is 5.23. The molecule has 6 heteroatoms. The first-order chi connectivity index (χ1) is 9.61. The van der Waals surface area contributed by atoms with Crippen molar-refractivity contribution in [2.24, 2.45) is 0 Å². The van der Waals surface area contributed by atoms with Crippen LogP contribution in [0.5, 0.6) is 0 Å². The Balaban J connectivity index is 2.02. The van der Waals surface area contributed by atoms with E-state index in [1.54, 1.807) is 4.57 Å². The van der Waals surface area contributed by atoms with Gasteiger partial charge in [-0.2, -0.15) is 0 Å². The summed E-state index contributed by atoms with van der Waals surface area (Å²) >= 11 is 0. The summed E-state index contributed by atoms with van der Waals surface area (Å²) in [6, 6.07) is 2.86. The molecule has 0 radical (unpaired) electrons. The Bertz CT molecular complexity index is 638. The van der Waals surface area contributed by atoms with Gasteiger partial charge in [-0.3, -0.25) is 4.90 Å². The van der Waals surface area contributed by atoms with E-state index in [1.165, 1.54) is 6.07 Å². The minimum atomic E-state index is -0.868. The molecule has 0 amide bonds. The Labute approximate surface area is 116 Å². The third kappa shape index (κ3) is 2.04. The van der Waals surface area contributed by atoms with Gasteiger partial charge in [0.1, 0.15) is 5.52 Å². The van der Waals surface area contributed by atoms with Crippen LogP contribution in [0.3, 0.4) is 0 Å². The zero-order chi connectivity index (χ0) is 14.3. The molecule has 1 aromatic carbocycles. The number of likely N-dealkylation sites (N-methyl/N-ethyl adjacent to an activating group) is 1. The number of benzene rings is 1. The van der Waals surface area contributed by atoms with E-state index >= 15 is 0 Å². The first-order valence-corrected chi connectivity index (χ1v) is 6.95. The monoisotopic (exact) mass is 280 g/mol. The second kappa shape index (κ2) is 5.01. The number of imidazole rings is 1. The van der Waals surface area contributed by atoms with Gasteiger partial charge in [-0.15, -0.1) is 0 Å². The largest absolute Gasteiger partial charge is 0.369 e. The fraction of sp³-hybridized carbons (Fsp3) is 0.500. The number of halogens is 2. The second-order valence-electron chi connectivity index (χ2n) is 5.23. The topological polar surface area (TPSA) is 47.1 Å². The molecule has 2 N–H and O–H groups in total. The molecule has 1 unspecified atom stereocenters. The number of hydrogen-bond acceptors (Lipinski definition) is 3. The number of likely N-dealkylation sites (tertiary alicyclic amines) is 1. The molecule has 2 heterocycles. The lowest BCUT2D eigenvalue weighted by Gasteiger charge is -2.23. The predicted octanol–water partition coefficient (Wildman–Crippen LogP) is 2.38. The number of rotatable bonds is 3. The summed E-state index contributed by atoms with van der Waals surface area (Å²) in [5.41, 5.74) is 6.46. The highest BCUT2D eigenvalue weighted by Gasteiger charge is 2.25. The fourth-order valence-corrected chi connectivity index (χ4v) is 3.09. The SMILES string of the molecule is CCN1CCCC1Cn1c(N)nc2ccc(F)c(F)c21. The van der Waals surface area contributed by atoms with Crippen molar-refractivity contribution in [2.45, 2.75) is 32.4 Å². The van der Waals surface area contributed by atoms with Crippen LogP contribution in [-0.2, 0) is 6.54 Å². The molecular weight excluding hydrogens is 262 g/mol. The van der Waals surface area contributed by atoms with E-state index in [4.69, 9.17) is 5.73 Å². The number of anilines is 1. The molecule has 0 spiro atoms. The first-order valence-electron chi connectivity index (χ1n) is 6.95. The van der Waals surface area contributed by atoms with Crippen LogP contribution < -0.4 is 5.73 Å². The van der Waals surface area contributed by atoms with Crippen molar-refractivity contribution in [3.8, 4) is 0 Å². The predicted molar refractivity (Wildman–Crippen MR) is 74.3 cm³/mol. The van der Waals surface area contributed by atoms with Crippen molar-refractivity contribution in [1.82, 2.24) is 14.5 Å². The molecule has 1 fully saturated rings. The molecule has 3 rings (SSSR count). The highest BCUT2D eigenvalue weighted by Crippen LogP contribution is 2.26. The van der Waals surface area contributed by atoms with E-state index in [1.807, 2.05) is 0 Å². The smallest absolute Gasteiger partial charge is 0.201 e. The van der Waals surface area contributed by atoms with Gasteiger partial charge in [0.25, 0.3) is 0 Å². The summed E-state index contributed by atoms with van der Waals surface area (Å²) in [5, 5.41) is 0. The lowest BCUT2D eigenvalue weighted by Crippen LogP contribution is -2.33. The number of nitrogens with zero attached hydrogens (tertiary/aromatic N) is 3. The molecule has 1 saturated heterocycles. The maximum atomic E-state index is 14.0. The highest BCUT2D eigenvalue weighted by atomic mass is 19.2. The highest BCUT2D eigenvalue weighted by molar-refractivity contribution is 5.79. The molecule has 0 bridgehead atoms. The van der Waals surface area contributed by atoms with Gasteiger partial charge >= 0.3 is 0 Å². The van der Waals surface area contributed by atoms with Crippen LogP contribution in [0.2, 0.25) is 0 Å². The maximum Gasteiger partial charge on any atom is 0.201 e. The van der Waals surface area contributed by atoms with Crippen LogP contribution in [-0.4, -0.2) is 33.6 Å². The van der Waals surface area contributed by atoms with Crippen LogP contribution in [0.25, 0.3) is 11.0 Å². The van der Waals surface area contributed by atoms with Crippen molar-refractivity contribution in [3.63, 3.8) is 0 Å². The van der Waals surface area contributed by atoms with E-state index in [9.17, 15) is 8.78 Å². The lowest BCUT2D eigenvalue weighted by atomic mass is 10.2. The summed E-state index contributed by atoms with van der Waals surface area (Å²) < 4.78 is 29.1. The van der Waals surface area contributed by atoms with Gasteiger partial charge in [0.2, 0.25) is 5.95 Å². The molecular formula is C14H18F2N4. The summed E-state index contributed by atoms with van der Waals surface area (Å²) in [6.07, 6.45) is 2.17. The zero-order valence-electron chi connectivity index (χ0n) is 11.4. The minimum absolute atomic E-state index is 0.172. The average Bonchev–Trinajstić information content (AvgIpc) is 3.00. The molecule has 4 nitrogen and oxygen atoms in total. The number of nitrogen functional groups attached to an aromatic ring is 1. The minimum Gasteiger partial charge on any atom is -0.369 e. The fourth-order valence-electron chi connectivity index (χ4n) is 3.09. The number of aromatic nitrogens is 2. The molecule has 20 heavy (non-hydrogen) atoms. The van der Waals surface area contributed by atoms with Crippen molar-refractivity contribution < 1.29 is 8.78 Å². The molecule has 1 aliphatic heterocycles. The molecule has 108 valence electrons. The molecule has 2 aromatic rings. The Morgan fingerprint density at radius 3 is 2.95 bits per heavy atom. The van der Waals surface area contributed by atoms with Gasteiger partial charge in [-0.1, -0.05) is 6.92 Å². The van der Waals surface area contributed by atoms with E-state index in [0.29, 0.717) is 18.1 Å². The summed E-state index contributed by atoms with van der Waals surface area (Å²) in [4.78, 5) is 6.46. The van der Waals surface area contributed by atoms with Gasteiger partial charge in [-0.05, 0) is 38.1 Å². The van der Waals surface area contributed by atoms with Crippen LogP contribution >= 0.6 is 0 Å². The third-order valence-corrected chi connectivity index (χ3v) is 4.13. The molecule has 1 aromatic heterocycles. The van der Waals surface area contributed by atoms with Crippen molar-refractivity contribution in [3.05, 3.63) is 23.8 Å². The first kappa shape index (κ1) is 13.3. The standard InChI is InChI=1S/C14H18F2N4/c1-2-19-7-3-4-9(19)8-20-13-11(18-14(20)17)6-5-10(15)12(13)16/h5-6,9H,2-4,7-8H2,1H3,(H2,17,18). The van der Waals surface area contributed by atoms with Gasteiger partial charge in [0.15, 0.2) is 11.6 Å². The van der Waals surface area contributed by atoms with Gasteiger partial charge < -0.3 is 10.3 Å². The quantitative estimate of drug-likeness (QED) is 0.939. The summed E-state index contributed by atoms with van der Waals surface area (Å²) in [6.45, 7) is 4.66. The van der Waals surface area contributed by atoms with Crippen LogP contribution in [0.15, 0.2) is 12.1 Å². The summed E-state index contributed by atoms with van der Waals surface area (Å²) in [5.74, 6) is -1.49. The molecule has 1 aliphatic rings. The Hall–Kier alpha value is -1.69. The van der Waals surface area contributed by atoms with E-state index in [2.05, 4.69) is 16.8 Å². The zero-order valence-corrected chi connectivity index (χ0v) is 11.4. The average molecular weight is 280 g/mol. The molecule has 1 atom stereocenters. The van der Waals surface area contributed by atoms with Crippen LogP contribution in [0, 0.1) is 11.6 Å². The number of hydrogen-bond donors (Lipinski definition) is 1. The van der Waals surface area contributed by atoms with Gasteiger partial charge in [0, 0.05) is 12.6 Å². The van der Waals surface area contributed by atoms with E-state index in [-0.39, 0.29) is 11.5 Å². The van der Waals surface area contributed by atoms with Crippen molar-refractivity contribution in [2.75, 3.05) is 18.8 Å². The molecule has 0 saturated carbocycles. The Kier molecular flexibility index (Phi) is 3.33. The van der Waals surface area contributed by atoms with Crippen LogP contribution in [0.1, 0.15) is 19.8 Å². The maximum absolute atomic E-state index is 14.0. The molecule has 0 aliphatic carbocycles.